The second-order valence-electron chi connectivity index (χ2n) is 6.41. The molecule has 1 fully saturated rings. The standard InChI is InChI=1S/C17H27NO2S/c1-4-21(19,20)17-7-5-6-15(12-17)13-18-10-8-16(9-11-18)14(2)3/h5-7,12,14,16H,4,8-11,13H2,1-3H3. The Kier molecular flexibility index (Phi) is 5.44. The smallest absolute Gasteiger partial charge is 0.178 e. The number of sulfone groups is 1. The normalized spacial score (nSPS) is 18.3. The third-order valence-electron chi connectivity index (χ3n) is 4.62. The quantitative estimate of drug-likeness (QED) is 0.837. The summed E-state index contributed by atoms with van der Waals surface area (Å²) in [6.45, 7) is 9.40. The maximum absolute atomic E-state index is 11.9. The van der Waals surface area contributed by atoms with E-state index < -0.39 is 9.84 Å². The minimum absolute atomic E-state index is 0.163. The predicted octanol–water partition coefficient (Wildman–Crippen LogP) is 3.35. The Labute approximate surface area is 129 Å². The molecule has 0 saturated carbocycles. The highest BCUT2D eigenvalue weighted by molar-refractivity contribution is 7.91. The molecule has 1 saturated heterocycles. The van der Waals surface area contributed by atoms with Crippen molar-refractivity contribution in [2.24, 2.45) is 11.8 Å². The molecule has 0 radical (unpaired) electrons. The van der Waals surface area contributed by atoms with E-state index in [1.165, 1.54) is 12.8 Å². The molecule has 1 heterocycles. The first-order chi connectivity index (χ1) is 9.92. The van der Waals surface area contributed by atoms with Crippen molar-refractivity contribution in [1.29, 1.82) is 0 Å². The monoisotopic (exact) mass is 309 g/mol. The molecule has 0 spiro atoms. The first-order valence-corrected chi connectivity index (χ1v) is 9.61. The zero-order chi connectivity index (χ0) is 15.5. The number of hydrogen-bond donors (Lipinski definition) is 0. The van der Waals surface area contributed by atoms with Crippen LogP contribution in [0, 0.1) is 11.8 Å². The van der Waals surface area contributed by atoms with Gasteiger partial charge in [-0.2, -0.15) is 0 Å². The molecule has 0 unspecified atom stereocenters. The van der Waals surface area contributed by atoms with Crippen LogP contribution in [-0.2, 0) is 16.4 Å². The number of rotatable bonds is 5. The van der Waals surface area contributed by atoms with Crippen LogP contribution in [0.15, 0.2) is 29.2 Å². The van der Waals surface area contributed by atoms with Crippen LogP contribution in [0.1, 0.15) is 39.2 Å². The lowest BCUT2D eigenvalue weighted by molar-refractivity contribution is 0.152. The fourth-order valence-electron chi connectivity index (χ4n) is 3.04. The van der Waals surface area contributed by atoms with Crippen molar-refractivity contribution < 1.29 is 8.42 Å². The van der Waals surface area contributed by atoms with Crippen molar-refractivity contribution in [1.82, 2.24) is 4.90 Å². The summed E-state index contributed by atoms with van der Waals surface area (Å²) in [5.74, 6) is 1.77. The maximum Gasteiger partial charge on any atom is 0.178 e. The molecule has 4 heteroatoms. The lowest BCUT2D eigenvalue weighted by Gasteiger charge is -2.33. The Bertz CT molecular complexity index is 558. The predicted molar refractivity (Wildman–Crippen MR) is 87.0 cm³/mol. The highest BCUT2D eigenvalue weighted by atomic mass is 32.2. The zero-order valence-electron chi connectivity index (χ0n) is 13.4. The fourth-order valence-corrected chi connectivity index (χ4v) is 3.99. The van der Waals surface area contributed by atoms with Gasteiger partial charge in [0.15, 0.2) is 9.84 Å². The van der Waals surface area contributed by atoms with Gasteiger partial charge in [0.05, 0.1) is 10.6 Å². The summed E-state index contributed by atoms with van der Waals surface area (Å²) in [6.07, 6.45) is 2.51. The fraction of sp³-hybridized carbons (Fsp3) is 0.647. The molecule has 0 amide bonds. The van der Waals surface area contributed by atoms with Crippen LogP contribution in [0.3, 0.4) is 0 Å². The third-order valence-corrected chi connectivity index (χ3v) is 6.35. The van der Waals surface area contributed by atoms with Crippen LogP contribution in [0.25, 0.3) is 0 Å². The number of piperidine rings is 1. The van der Waals surface area contributed by atoms with Crippen molar-refractivity contribution in [3.05, 3.63) is 29.8 Å². The summed E-state index contributed by atoms with van der Waals surface area (Å²) in [5, 5.41) is 0. The second kappa shape index (κ2) is 6.93. The van der Waals surface area contributed by atoms with Crippen molar-refractivity contribution in [3.8, 4) is 0 Å². The Morgan fingerprint density at radius 1 is 1.24 bits per heavy atom. The van der Waals surface area contributed by atoms with Crippen molar-refractivity contribution >= 4 is 9.84 Å². The van der Waals surface area contributed by atoms with Crippen LogP contribution in [0.2, 0.25) is 0 Å². The van der Waals surface area contributed by atoms with E-state index in [0.717, 1.165) is 37.0 Å². The Morgan fingerprint density at radius 2 is 1.90 bits per heavy atom. The number of hydrogen-bond acceptors (Lipinski definition) is 3. The molecule has 1 aromatic rings. The molecule has 1 aliphatic rings. The molecule has 0 N–H and O–H groups in total. The lowest BCUT2D eigenvalue weighted by Crippen LogP contribution is -2.34. The van der Waals surface area contributed by atoms with Gasteiger partial charge in [-0.15, -0.1) is 0 Å². The number of nitrogens with zero attached hydrogens (tertiary/aromatic N) is 1. The summed E-state index contributed by atoms with van der Waals surface area (Å²) >= 11 is 0. The molecular formula is C17H27NO2S. The van der Waals surface area contributed by atoms with Gasteiger partial charge in [-0.1, -0.05) is 32.9 Å². The SMILES string of the molecule is CCS(=O)(=O)c1cccc(CN2CCC(C(C)C)CC2)c1. The summed E-state index contributed by atoms with van der Waals surface area (Å²) in [4.78, 5) is 2.90. The molecule has 21 heavy (non-hydrogen) atoms. The number of likely N-dealkylation sites (tertiary alicyclic amines) is 1. The zero-order valence-corrected chi connectivity index (χ0v) is 14.2. The largest absolute Gasteiger partial charge is 0.299 e. The van der Waals surface area contributed by atoms with Crippen LogP contribution in [0.5, 0.6) is 0 Å². The first kappa shape index (κ1) is 16.5. The van der Waals surface area contributed by atoms with Gasteiger partial charge >= 0.3 is 0 Å². The molecule has 2 rings (SSSR count). The molecule has 3 nitrogen and oxygen atoms in total. The second-order valence-corrected chi connectivity index (χ2v) is 8.69. The van der Waals surface area contributed by atoms with E-state index >= 15 is 0 Å². The van der Waals surface area contributed by atoms with Gasteiger partial charge in [-0.25, -0.2) is 8.42 Å². The highest BCUT2D eigenvalue weighted by Gasteiger charge is 2.21. The molecule has 1 aliphatic heterocycles. The Hall–Kier alpha value is -0.870. The molecule has 0 aromatic heterocycles. The van der Waals surface area contributed by atoms with Gasteiger partial charge in [-0.05, 0) is 55.5 Å². The van der Waals surface area contributed by atoms with Crippen LogP contribution in [0.4, 0.5) is 0 Å². The van der Waals surface area contributed by atoms with E-state index in [4.69, 9.17) is 0 Å². The first-order valence-electron chi connectivity index (χ1n) is 7.96. The molecule has 0 atom stereocenters. The van der Waals surface area contributed by atoms with Gasteiger partial charge in [0.1, 0.15) is 0 Å². The highest BCUT2D eigenvalue weighted by Crippen LogP contribution is 2.25. The topological polar surface area (TPSA) is 37.4 Å². The van der Waals surface area contributed by atoms with Gasteiger partial charge in [0.25, 0.3) is 0 Å². The summed E-state index contributed by atoms with van der Waals surface area (Å²) in [7, 11) is -3.10. The molecule has 118 valence electrons. The van der Waals surface area contributed by atoms with Crippen molar-refractivity contribution in [2.45, 2.75) is 45.1 Å². The third kappa shape index (κ3) is 4.30. The Morgan fingerprint density at radius 3 is 2.48 bits per heavy atom. The summed E-state index contributed by atoms with van der Waals surface area (Å²) in [5.41, 5.74) is 1.10. The van der Waals surface area contributed by atoms with Crippen LogP contribution in [-0.4, -0.2) is 32.2 Å². The van der Waals surface area contributed by atoms with E-state index in [9.17, 15) is 8.42 Å². The lowest BCUT2D eigenvalue weighted by atomic mass is 9.86. The van der Waals surface area contributed by atoms with E-state index in [1.807, 2.05) is 18.2 Å². The minimum atomic E-state index is -3.10. The van der Waals surface area contributed by atoms with Crippen molar-refractivity contribution in [2.75, 3.05) is 18.8 Å². The maximum atomic E-state index is 11.9. The molecular weight excluding hydrogens is 282 g/mol. The van der Waals surface area contributed by atoms with Gasteiger partial charge in [0, 0.05) is 6.54 Å². The molecule has 1 aromatic carbocycles. The average Bonchev–Trinajstić information content (AvgIpc) is 2.48. The number of benzene rings is 1. The summed E-state index contributed by atoms with van der Waals surface area (Å²) < 4.78 is 23.9. The van der Waals surface area contributed by atoms with Crippen LogP contribution < -0.4 is 0 Å². The Balaban J connectivity index is 2.00. The van der Waals surface area contributed by atoms with Crippen LogP contribution >= 0.6 is 0 Å². The minimum Gasteiger partial charge on any atom is -0.299 e. The summed E-state index contributed by atoms with van der Waals surface area (Å²) in [6, 6.07) is 7.43. The van der Waals surface area contributed by atoms with Gasteiger partial charge < -0.3 is 0 Å². The van der Waals surface area contributed by atoms with E-state index in [2.05, 4.69) is 18.7 Å². The molecule has 0 bridgehead atoms. The van der Waals surface area contributed by atoms with E-state index in [-0.39, 0.29) is 5.75 Å². The molecule has 0 aliphatic carbocycles. The van der Waals surface area contributed by atoms with Crippen molar-refractivity contribution in [3.63, 3.8) is 0 Å². The van der Waals surface area contributed by atoms with Gasteiger partial charge in [-0.3, -0.25) is 4.90 Å². The average molecular weight is 309 g/mol. The van der Waals surface area contributed by atoms with E-state index in [0.29, 0.717) is 4.90 Å². The van der Waals surface area contributed by atoms with Gasteiger partial charge in [0.2, 0.25) is 0 Å². The van der Waals surface area contributed by atoms with E-state index in [1.54, 1.807) is 13.0 Å².